The smallest absolute Gasteiger partial charge is 0.285 e. The molecular weight excluding hydrogens is 601 g/mol. The first kappa shape index (κ1) is 34.5. The van der Waals surface area contributed by atoms with Gasteiger partial charge in [0.2, 0.25) is 0 Å². The summed E-state index contributed by atoms with van der Waals surface area (Å²) in [7, 11) is 0. The van der Waals surface area contributed by atoms with E-state index in [1.807, 2.05) is 48.9 Å². The molecule has 2 amide bonds. The highest BCUT2D eigenvalue weighted by molar-refractivity contribution is 7.16. The summed E-state index contributed by atoms with van der Waals surface area (Å²) < 4.78 is 12.4. The molecule has 0 aliphatic rings. The van der Waals surface area contributed by atoms with E-state index in [4.69, 9.17) is 9.47 Å². The molecule has 0 fully saturated rings. The summed E-state index contributed by atoms with van der Waals surface area (Å²) in [5, 5.41) is 12.5. The average molecular weight is 645 g/mol. The minimum absolute atomic E-state index is 0.251. The van der Waals surface area contributed by atoms with E-state index in [2.05, 4.69) is 34.9 Å². The van der Waals surface area contributed by atoms with Gasteiger partial charge < -0.3 is 9.47 Å². The Morgan fingerprint density at radius 1 is 0.674 bits per heavy atom. The topological polar surface area (TPSA) is 101 Å². The maximum absolute atomic E-state index is 13.5. The van der Waals surface area contributed by atoms with E-state index in [1.54, 1.807) is 22.7 Å². The van der Waals surface area contributed by atoms with Crippen molar-refractivity contribution in [3.63, 3.8) is 0 Å². The second-order valence-electron chi connectivity index (χ2n) is 10.2. The van der Waals surface area contributed by atoms with E-state index in [9.17, 15) is 9.59 Å². The quantitative estimate of drug-likeness (QED) is 0.0729. The number of nitrogens with one attached hydrogen (secondary N) is 2. The lowest BCUT2D eigenvalue weighted by Crippen LogP contribution is -2.19. The van der Waals surface area contributed by atoms with Crippen molar-refractivity contribution >= 4 is 57.2 Å². The highest BCUT2D eigenvalue weighted by Crippen LogP contribution is 2.43. The lowest BCUT2D eigenvalue weighted by atomic mass is 10.2. The highest BCUT2D eigenvalue weighted by atomic mass is 32.1. The summed E-state index contributed by atoms with van der Waals surface area (Å²) in [6.45, 7) is 8.88. The molecule has 0 saturated carbocycles. The van der Waals surface area contributed by atoms with Crippen LogP contribution in [0.2, 0.25) is 0 Å². The molecule has 3 rings (SSSR count). The van der Waals surface area contributed by atoms with E-state index >= 15 is 0 Å². The fourth-order valence-corrected chi connectivity index (χ4v) is 6.50. The van der Waals surface area contributed by atoms with Crippen molar-refractivity contribution in [2.75, 3.05) is 13.2 Å². The molecule has 0 spiro atoms. The fraction of sp³-hybridized carbons (Fsp3) is 0.500. The number of amides is 2. The third-order valence-corrected chi connectivity index (χ3v) is 9.74. The molecule has 0 aliphatic carbocycles. The van der Waals surface area contributed by atoms with Crippen LogP contribution in [-0.2, 0) is 0 Å². The number of carbonyl (C=O) groups excluding carboxylic acids is 2. The Kier molecular flexibility index (Phi) is 15.5. The molecule has 2 N–H and O–H groups in total. The van der Waals surface area contributed by atoms with Gasteiger partial charge in [0.15, 0.2) is 11.5 Å². The standard InChI is InChI=1S/C32H44N4O4S3/c1-5-7-9-11-13-19-39-27-28(40-20-14-12-10-8-6-2)30(32(38)36-34-24(4)26-18-16-22-42-26)43-29(27)31(37)35-33-23(3)25-17-15-21-41-25/h15-18,21-22H,5-14,19-20H2,1-4H3,(H,35,37)(H,36,38)/b33-23-,34-24-. The zero-order chi connectivity index (χ0) is 30.9. The molecule has 3 aromatic rings. The lowest BCUT2D eigenvalue weighted by molar-refractivity contribution is 0.0944. The molecule has 0 bridgehead atoms. The zero-order valence-corrected chi connectivity index (χ0v) is 28.2. The Hall–Kier alpha value is -3.02. The van der Waals surface area contributed by atoms with Crippen LogP contribution < -0.4 is 20.3 Å². The molecule has 8 nitrogen and oxygen atoms in total. The van der Waals surface area contributed by atoms with E-state index in [0.717, 1.165) is 72.5 Å². The number of carbonyl (C=O) groups is 2. The van der Waals surface area contributed by atoms with Crippen LogP contribution in [0.15, 0.2) is 45.2 Å². The number of ether oxygens (including phenoxy) is 2. The van der Waals surface area contributed by atoms with Gasteiger partial charge >= 0.3 is 0 Å². The number of thiophene rings is 3. The second-order valence-corrected chi connectivity index (χ2v) is 13.1. The monoisotopic (exact) mass is 644 g/mol. The van der Waals surface area contributed by atoms with Gasteiger partial charge in [0, 0.05) is 9.75 Å². The molecule has 234 valence electrons. The van der Waals surface area contributed by atoms with Gasteiger partial charge in [0.25, 0.3) is 11.8 Å². The predicted octanol–water partition coefficient (Wildman–Crippen LogP) is 8.88. The van der Waals surface area contributed by atoms with Gasteiger partial charge in [0.1, 0.15) is 9.75 Å². The van der Waals surface area contributed by atoms with E-state index in [1.165, 1.54) is 12.8 Å². The van der Waals surface area contributed by atoms with Gasteiger partial charge in [-0.2, -0.15) is 10.2 Å². The largest absolute Gasteiger partial charge is 0.488 e. The fourth-order valence-electron chi connectivity index (χ4n) is 4.17. The number of hydrogen-bond acceptors (Lipinski definition) is 9. The van der Waals surface area contributed by atoms with Crippen LogP contribution in [0.5, 0.6) is 11.5 Å². The summed E-state index contributed by atoms with van der Waals surface area (Å²) in [6, 6.07) is 7.76. The summed E-state index contributed by atoms with van der Waals surface area (Å²) in [6.07, 6.45) is 10.7. The van der Waals surface area contributed by atoms with Crippen molar-refractivity contribution in [2.45, 2.75) is 91.9 Å². The van der Waals surface area contributed by atoms with Gasteiger partial charge in [-0.15, -0.1) is 34.0 Å². The second kappa shape index (κ2) is 19.3. The maximum Gasteiger partial charge on any atom is 0.285 e. The molecule has 0 unspecified atom stereocenters. The Labute approximate surface area is 267 Å². The molecule has 3 heterocycles. The van der Waals surface area contributed by atoms with Gasteiger partial charge in [0.05, 0.1) is 24.6 Å². The third-order valence-electron chi connectivity index (χ3n) is 6.63. The molecule has 0 aromatic carbocycles. The van der Waals surface area contributed by atoms with Crippen LogP contribution in [0.4, 0.5) is 0 Å². The minimum atomic E-state index is -0.452. The number of hydrogen-bond donors (Lipinski definition) is 2. The van der Waals surface area contributed by atoms with Crippen molar-refractivity contribution in [2.24, 2.45) is 10.2 Å². The number of hydrazone groups is 2. The van der Waals surface area contributed by atoms with Gasteiger partial charge in [-0.25, -0.2) is 10.9 Å². The summed E-state index contributed by atoms with van der Waals surface area (Å²) in [5.74, 6) is -0.321. The zero-order valence-electron chi connectivity index (χ0n) is 25.7. The van der Waals surface area contributed by atoms with Gasteiger partial charge in [-0.1, -0.05) is 77.3 Å². The molecule has 43 heavy (non-hydrogen) atoms. The lowest BCUT2D eigenvalue weighted by Gasteiger charge is -2.12. The third kappa shape index (κ3) is 11.2. The van der Waals surface area contributed by atoms with Crippen molar-refractivity contribution in [1.29, 1.82) is 0 Å². The maximum atomic E-state index is 13.5. The first-order valence-corrected chi connectivity index (χ1v) is 17.7. The van der Waals surface area contributed by atoms with E-state index in [0.29, 0.717) is 36.1 Å². The molecular formula is C32H44N4O4S3. The molecule has 0 radical (unpaired) electrons. The molecule has 0 saturated heterocycles. The molecule has 0 aliphatic heterocycles. The van der Waals surface area contributed by atoms with Crippen LogP contribution in [0.1, 0.15) is 121 Å². The van der Waals surface area contributed by atoms with Crippen molar-refractivity contribution < 1.29 is 19.1 Å². The Morgan fingerprint density at radius 3 is 1.47 bits per heavy atom. The Morgan fingerprint density at radius 2 is 1.09 bits per heavy atom. The molecule has 3 aromatic heterocycles. The average Bonchev–Trinajstić information content (AvgIpc) is 3.80. The van der Waals surface area contributed by atoms with Crippen LogP contribution >= 0.6 is 34.0 Å². The molecule has 0 atom stereocenters. The van der Waals surface area contributed by atoms with Crippen LogP contribution in [-0.4, -0.2) is 36.5 Å². The van der Waals surface area contributed by atoms with Crippen LogP contribution in [0, 0.1) is 0 Å². The normalized spacial score (nSPS) is 11.9. The first-order valence-electron chi connectivity index (χ1n) is 15.2. The summed E-state index contributed by atoms with van der Waals surface area (Å²) >= 11 is 4.13. The van der Waals surface area contributed by atoms with Crippen LogP contribution in [0.25, 0.3) is 0 Å². The van der Waals surface area contributed by atoms with Crippen molar-refractivity contribution in [3.05, 3.63) is 54.5 Å². The minimum Gasteiger partial charge on any atom is -0.488 e. The predicted molar refractivity (Wildman–Crippen MR) is 181 cm³/mol. The van der Waals surface area contributed by atoms with Crippen molar-refractivity contribution in [1.82, 2.24) is 10.9 Å². The molecule has 11 heteroatoms. The first-order chi connectivity index (χ1) is 21.0. The van der Waals surface area contributed by atoms with E-state index in [-0.39, 0.29) is 9.75 Å². The summed E-state index contributed by atoms with van der Waals surface area (Å²) in [5.41, 5.74) is 6.70. The Bertz CT molecular complexity index is 1220. The number of nitrogens with zero attached hydrogens (tertiary/aromatic N) is 2. The van der Waals surface area contributed by atoms with E-state index < -0.39 is 11.8 Å². The Balaban J connectivity index is 1.88. The summed E-state index contributed by atoms with van der Waals surface area (Å²) in [4.78, 5) is 29.4. The number of unbranched alkanes of at least 4 members (excludes halogenated alkanes) is 8. The van der Waals surface area contributed by atoms with Crippen LogP contribution in [0.3, 0.4) is 0 Å². The van der Waals surface area contributed by atoms with Gasteiger partial charge in [-0.05, 0) is 49.6 Å². The highest BCUT2D eigenvalue weighted by Gasteiger charge is 2.30. The number of rotatable bonds is 20. The SMILES string of the molecule is CCCCCCCOc1c(C(=O)N/N=C(/C)c2cccs2)sc(C(=O)N/N=C(/C)c2cccs2)c1OCCCCCCC. The van der Waals surface area contributed by atoms with Gasteiger partial charge in [-0.3, -0.25) is 9.59 Å². The van der Waals surface area contributed by atoms with Crippen molar-refractivity contribution in [3.8, 4) is 11.5 Å².